The van der Waals surface area contributed by atoms with E-state index in [-0.39, 0.29) is 10.9 Å². The highest BCUT2D eigenvalue weighted by Gasteiger charge is 2.18. The molecular weight excluding hydrogens is 263 g/mol. The number of rotatable bonds is 1. The molecule has 0 amide bonds. The van der Waals surface area contributed by atoms with Gasteiger partial charge in [-0.25, -0.2) is 13.4 Å². The Labute approximate surface area is 94.3 Å². The Balaban J connectivity index is 2.82. The molecule has 9 heteroatoms. The first-order valence-corrected chi connectivity index (χ1v) is 6.41. The van der Waals surface area contributed by atoms with Gasteiger partial charge in [0, 0.05) is 16.4 Å². The van der Waals surface area contributed by atoms with Crippen LogP contribution in [0.15, 0.2) is 11.2 Å². The van der Waals surface area contributed by atoms with Crippen LogP contribution in [0.5, 0.6) is 0 Å². The van der Waals surface area contributed by atoms with E-state index in [2.05, 4.69) is 15.1 Å². The number of aromatic nitrogens is 4. The third-order valence-corrected chi connectivity index (χ3v) is 2.89. The van der Waals surface area contributed by atoms with Gasteiger partial charge in [-0.2, -0.15) is 9.50 Å². The number of hydrogen-bond acceptors (Lipinski definition) is 5. The smallest absolute Gasteiger partial charge is 0.216 e. The molecule has 2 heterocycles. The summed E-state index contributed by atoms with van der Waals surface area (Å²) in [6.45, 7) is 1.70. The van der Waals surface area contributed by atoms with Crippen molar-refractivity contribution >= 4 is 37.1 Å². The van der Waals surface area contributed by atoms with Crippen molar-refractivity contribution < 1.29 is 8.42 Å². The summed E-state index contributed by atoms with van der Waals surface area (Å²) in [6, 6.07) is 1.54. The topological polar surface area (TPSA) is 77.2 Å². The van der Waals surface area contributed by atoms with Gasteiger partial charge in [-0.15, -0.1) is 5.10 Å². The molecule has 0 aromatic carbocycles. The third kappa shape index (κ3) is 1.90. The molecule has 2 rings (SSSR count). The Kier molecular flexibility index (Phi) is 2.32. The molecule has 0 fully saturated rings. The molecule has 0 atom stereocenters. The summed E-state index contributed by atoms with van der Waals surface area (Å²) in [5.41, 5.74) is 0.610. The third-order valence-electron chi connectivity index (χ3n) is 1.60. The van der Waals surface area contributed by atoms with Crippen molar-refractivity contribution in [3.63, 3.8) is 0 Å². The molecule has 0 spiro atoms. The van der Waals surface area contributed by atoms with E-state index in [4.69, 9.17) is 22.3 Å². The standard InChI is InChI=1S/C6H4Cl2N4O2S/c1-3-2-4(7)12-5(9-3)10-6(11-12)15(8,13)14/h2H,1H3. The highest BCUT2D eigenvalue weighted by Crippen LogP contribution is 2.15. The number of nitrogens with zero attached hydrogens (tertiary/aromatic N) is 4. The molecular formula is C6H4Cl2N4O2S. The zero-order valence-corrected chi connectivity index (χ0v) is 9.68. The van der Waals surface area contributed by atoms with Crippen LogP contribution in [0.4, 0.5) is 0 Å². The summed E-state index contributed by atoms with van der Waals surface area (Å²) in [5, 5.41) is 3.32. The minimum absolute atomic E-state index is 0.0965. The van der Waals surface area contributed by atoms with Gasteiger partial charge < -0.3 is 0 Å². The summed E-state index contributed by atoms with van der Waals surface area (Å²) in [7, 11) is 1.12. The van der Waals surface area contributed by atoms with Crippen LogP contribution in [0.2, 0.25) is 5.15 Å². The Morgan fingerprint density at radius 1 is 1.40 bits per heavy atom. The van der Waals surface area contributed by atoms with Crippen LogP contribution in [-0.2, 0) is 9.05 Å². The highest BCUT2D eigenvalue weighted by molar-refractivity contribution is 8.13. The minimum Gasteiger partial charge on any atom is -0.216 e. The average Bonchev–Trinajstić information content (AvgIpc) is 2.46. The van der Waals surface area contributed by atoms with E-state index >= 15 is 0 Å². The van der Waals surface area contributed by atoms with E-state index in [0.29, 0.717) is 5.69 Å². The molecule has 0 saturated heterocycles. The van der Waals surface area contributed by atoms with Gasteiger partial charge in [0.2, 0.25) is 0 Å². The predicted molar refractivity (Wildman–Crippen MR) is 53.6 cm³/mol. The van der Waals surface area contributed by atoms with Crippen molar-refractivity contribution in [2.45, 2.75) is 12.1 Å². The van der Waals surface area contributed by atoms with Crippen molar-refractivity contribution in [3.8, 4) is 0 Å². The van der Waals surface area contributed by atoms with E-state index in [1.54, 1.807) is 6.92 Å². The van der Waals surface area contributed by atoms with Gasteiger partial charge in [0.25, 0.3) is 20.0 Å². The van der Waals surface area contributed by atoms with E-state index in [1.165, 1.54) is 6.07 Å². The van der Waals surface area contributed by atoms with Crippen LogP contribution in [0.3, 0.4) is 0 Å². The van der Waals surface area contributed by atoms with Gasteiger partial charge in [0.1, 0.15) is 5.15 Å². The first kappa shape index (κ1) is 10.6. The summed E-state index contributed by atoms with van der Waals surface area (Å²) < 4.78 is 23.0. The normalized spacial score (nSPS) is 12.2. The Morgan fingerprint density at radius 2 is 2.07 bits per heavy atom. The van der Waals surface area contributed by atoms with E-state index in [9.17, 15) is 8.42 Å². The molecule has 80 valence electrons. The van der Waals surface area contributed by atoms with Crippen LogP contribution in [-0.4, -0.2) is 28.0 Å². The molecule has 2 aromatic heterocycles. The minimum atomic E-state index is -3.96. The summed E-state index contributed by atoms with van der Waals surface area (Å²) in [6.07, 6.45) is 0. The first-order valence-electron chi connectivity index (χ1n) is 3.72. The molecule has 0 saturated carbocycles. The van der Waals surface area contributed by atoms with Crippen LogP contribution < -0.4 is 0 Å². The Morgan fingerprint density at radius 3 is 2.67 bits per heavy atom. The van der Waals surface area contributed by atoms with Gasteiger partial charge in [-0.05, 0) is 13.0 Å². The monoisotopic (exact) mass is 266 g/mol. The second-order valence-corrected chi connectivity index (χ2v) is 5.61. The molecule has 6 nitrogen and oxygen atoms in total. The van der Waals surface area contributed by atoms with Crippen LogP contribution >= 0.6 is 22.3 Å². The van der Waals surface area contributed by atoms with Crippen LogP contribution in [0, 0.1) is 6.92 Å². The Bertz CT molecular complexity index is 636. The summed E-state index contributed by atoms with van der Waals surface area (Å²) in [5.74, 6) is 0.0965. The zero-order valence-electron chi connectivity index (χ0n) is 7.35. The zero-order chi connectivity index (χ0) is 11.2. The van der Waals surface area contributed by atoms with Crippen LogP contribution in [0.1, 0.15) is 5.69 Å². The molecule has 0 unspecified atom stereocenters. The Hall–Kier alpha value is -0.920. The van der Waals surface area contributed by atoms with E-state index < -0.39 is 14.2 Å². The molecule has 0 aliphatic carbocycles. The second-order valence-electron chi connectivity index (χ2n) is 2.76. The first-order chi connectivity index (χ1) is 6.88. The maximum Gasteiger partial charge on any atom is 0.298 e. The van der Waals surface area contributed by atoms with Crippen molar-refractivity contribution in [2.24, 2.45) is 0 Å². The molecule has 0 aliphatic heterocycles. The van der Waals surface area contributed by atoms with E-state index in [0.717, 1.165) is 4.52 Å². The number of fused-ring (bicyclic) bond motifs is 1. The second kappa shape index (κ2) is 3.29. The highest BCUT2D eigenvalue weighted by atomic mass is 35.7. The van der Waals surface area contributed by atoms with Gasteiger partial charge >= 0.3 is 0 Å². The van der Waals surface area contributed by atoms with Crippen LogP contribution in [0.25, 0.3) is 5.78 Å². The SMILES string of the molecule is Cc1cc(Cl)n2nc(S(=O)(=O)Cl)nc2n1. The molecule has 0 bridgehead atoms. The lowest BCUT2D eigenvalue weighted by atomic mass is 10.5. The lowest BCUT2D eigenvalue weighted by molar-refractivity contribution is 0.601. The fourth-order valence-corrected chi connectivity index (χ4v) is 1.87. The summed E-state index contributed by atoms with van der Waals surface area (Å²) in [4.78, 5) is 7.59. The fraction of sp³-hybridized carbons (Fsp3) is 0.167. The van der Waals surface area contributed by atoms with Gasteiger partial charge in [-0.3, -0.25) is 0 Å². The number of hydrogen-bond donors (Lipinski definition) is 0. The molecule has 2 aromatic rings. The molecule has 15 heavy (non-hydrogen) atoms. The van der Waals surface area contributed by atoms with E-state index in [1.807, 2.05) is 0 Å². The summed E-state index contributed by atoms with van der Waals surface area (Å²) >= 11 is 5.81. The number of aryl methyl sites for hydroxylation is 1. The predicted octanol–water partition coefficient (Wildman–Crippen LogP) is 1.01. The van der Waals surface area contributed by atoms with Crippen molar-refractivity contribution in [2.75, 3.05) is 0 Å². The molecule has 0 N–H and O–H groups in total. The van der Waals surface area contributed by atoms with Crippen molar-refractivity contribution in [1.82, 2.24) is 19.6 Å². The van der Waals surface area contributed by atoms with Crippen molar-refractivity contribution in [1.29, 1.82) is 0 Å². The van der Waals surface area contributed by atoms with Gasteiger partial charge in [0.15, 0.2) is 0 Å². The largest absolute Gasteiger partial charge is 0.298 e. The fourth-order valence-electron chi connectivity index (χ4n) is 1.03. The number of halogens is 2. The lowest BCUT2D eigenvalue weighted by Gasteiger charge is -1.95. The maximum atomic E-state index is 11.0. The van der Waals surface area contributed by atoms with Gasteiger partial charge in [0.05, 0.1) is 0 Å². The van der Waals surface area contributed by atoms with Gasteiger partial charge in [-0.1, -0.05) is 11.6 Å². The quantitative estimate of drug-likeness (QED) is 0.569. The average molecular weight is 267 g/mol. The lowest BCUT2D eigenvalue weighted by Crippen LogP contribution is -1.95. The maximum absolute atomic E-state index is 11.0. The molecule has 0 radical (unpaired) electrons. The molecule has 0 aliphatic rings. The van der Waals surface area contributed by atoms with Crippen molar-refractivity contribution in [3.05, 3.63) is 16.9 Å².